The summed E-state index contributed by atoms with van der Waals surface area (Å²) in [6, 6.07) is 9.18. The molecule has 0 aromatic heterocycles. The Kier molecular flexibility index (Phi) is 4.61. The monoisotopic (exact) mass is 297 g/mol. The summed E-state index contributed by atoms with van der Waals surface area (Å²) in [7, 11) is 0. The fourth-order valence-corrected chi connectivity index (χ4v) is 2.24. The van der Waals surface area contributed by atoms with E-state index in [1.165, 1.54) is 6.26 Å². The van der Waals surface area contributed by atoms with E-state index in [4.69, 9.17) is 19.9 Å². The average molecular weight is 297 g/mol. The van der Waals surface area contributed by atoms with Crippen molar-refractivity contribution in [1.82, 2.24) is 0 Å². The van der Waals surface area contributed by atoms with Gasteiger partial charge >= 0.3 is 0 Å². The lowest BCUT2D eigenvalue weighted by molar-refractivity contribution is 0.187. The van der Waals surface area contributed by atoms with Gasteiger partial charge in [0.15, 0.2) is 11.5 Å². The van der Waals surface area contributed by atoms with Crippen LogP contribution in [0.5, 0.6) is 5.75 Å². The smallest absolute Gasteiger partial charge is 0.165 e. The molecule has 0 saturated heterocycles. The summed E-state index contributed by atoms with van der Waals surface area (Å²) < 4.78 is 16.9. The van der Waals surface area contributed by atoms with E-state index in [-0.39, 0.29) is 6.04 Å². The lowest BCUT2D eigenvalue weighted by Crippen LogP contribution is -2.32. The standard InChI is InChI=1S/C18H19NO3/c19-16(11-21-15-9-5-2-6-10-15)18-13-20-12-17(22-18)14-7-3-1-4-8-14/h1-3,5-7,9-10,12-13,16H,4,8,11,19H2/t16-/m1/s1. The molecule has 1 aliphatic heterocycles. The van der Waals surface area contributed by atoms with Crippen molar-refractivity contribution in [3.8, 4) is 5.75 Å². The van der Waals surface area contributed by atoms with E-state index in [9.17, 15) is 0 Å². The first-order valence-electron chi connectivity index (χ1n) is 7.36. The third kappa shape index (κ3) is 3.59. The zero-order chi connectivity index (χ0) is 15.2. The van der Waals surface area contributed by atoms with E-state index in [0.717, 1.165) is 29.9 Å². The van der Waals surface area contributed by atoms with Gasteiger partial charge in [0.2, 0.25) is 0 Å². The molecule has 4 nitrogen and oxygen atoms in total. The van der Waals surface area contributed by atoms with E-state index in [1.807, 2.05) is 42.5 Å². The molecule has 2 N–H and O–H groups in total. The van der Waals surface area contributed by atoms with Crippen LogP contribution in [0.25, 0.3) is 0 Å². The molecule has 3 rings (SSSR count). The summed E-state index contributed by atoms with van der Waals surface area (Å²) in [4.78, 5) is 0. The molecule has 2 aliphatic rings. The first kappa shape index (κ1) is 14.5. The van der Waals surface area contributed by atoms with Crippen LogP contribution in [0.2, 0.25) is 0 Å². The average Bonchev–Trinajstić information content (AvgIpc) is 2.61. The lowest BCUT2D eigenvalue weighted by Gasteiger charge is -2.23. The highest BCUT2D eigenvalue weighted by Crippen LogP contribution is 2.27. The fourth-order valence-electron chi connectivity index (χ4n) is 2.24. The maximum Gasteiger partial charge on any atom is 0.165 e. The summed E-state index contributed by atoms with van der Waals surface area (Å²) in [6.45, 7) is 0.325. The highest BCUT2D eigenvalue weighted by Gasteiger charge is 2.20. The van der Waals surface area contributed by atoms with E-state index < -0.39 is 0 Å². The van der Waals surface area contributed by atoms with Crippen molar-refractivity contribution in [2.45, 2.75) is 18.9 Å². The van der Waals surface area contributed by atoms with Crippen LogP contribution in [-0.2, 0) is 9.47 Å². The second kappa shape index (κ2) is 7.00. The molecule has 1 atom stereocenters. The van der Waals surface area contributed by atoms with E-state index in [1.54, 1.807) is 6.26 Å². The van der Waals surface area contributed by atoms with Crippen LogP contribution in [-0.4, -0.2) is 12.6 Å². The summed E-state index contributed by atoms with van der Waals surface area (Å²) in [6.07, 6.45) is 11.3. The van der Waals surface area contributed by atoms with Gasteiger partial charge in [0.1, 0.15) is 30.9 Å². The van der Waals surface area contributed by atoms with Crippen LogP contribution in [0.4, 0.5) is 0 Å². The number of benzene rings is 1. The number of rotatable bonds is 5. The minimum absolute atomic E-state index is 0.325. The molecular weight excluding hydrogens is 278 g/mol. The Morgan fingerprint density at radius 3 is 2.82 bits per heavy atom. The van der Waals surface area contributed by atoms with Gasteiger partial charge in [-0.1, -0.05) is 36.4 Å². The number of hydrogen-bond acceptors (Lipinski definition) is 4. The second-order valence-corrected chi connectivity index (χ2v) is 5.13. The van der Waals surface area contributed by atoms with Crippen molar-refractivity contribution in [3.05, 3.63) is 78.2 Å². The van der Waals surface area contributed by atoms with Crippen molar-refractivity contribution in [2.75, 3.05) is 6.61 Å². The first-order chi connectivity index (χ1) is 10.8. The molecule has 114 valence electrons. The van der Waals surface area contributed by atoms with Crippen LogP contribution < -0.4 is 10.5 Å². The van der Waals surface area contributed by atoms with Gasteiger partial charge in [-0.2, -0.15) is 0 Å². The predicted octanol–water partition coefficient (Wildman–Crippen LogP) is 3.40. The van der Waals surface area contributed by atoms with E-state index in [2.05, 4.69) is 6.08 Å². The molecule has 22 heavy (non-hydrogen) atoms. The van der Waals surface area contributed by atoms with Crippen LogP contribution in [0.1, 0.15) is 12.8 Å². The summed E-state index contributed by atoms with van der Waals surface area (Å²) >= 11 is 0. The molecule has 1 heterocycles. The molecule has 1 aliphatic carbocycles. The maximum absolute atomic E-state index is 6.13. The van der Waals surface area contributed by atoms with E-state index in [0.29, 0.717) is 12.4 Å². The second-order valence-electron chi connectivity index (χ2n) is 5.13. The highest BCUT2D eigenvalue weighted by atomic mass is 16.5. The Morgan fingerprint density at radius 1 is 1.18 bits per heavy atom. The molecular formula is C18H19NO3. The Bertz CT molecular complexity index is 629. The molecule has 0 amide bonds. The molecule has 0 spiro atoms. The molecule has 0 bridgehead atoms. The van der Waals surface area contributed by atoms with Gasteiger partial charge in [0, 0.05) is 0 Å². The number of para-hydroxylation sites is 1. The van der Waals surface area contributed by atoms with Crippen molar-refractivity contribution in [3.63, 3.8) is 0 Å². The van der Waals surface area contributed by atoms with Gasteiger partial charge in [0.25, 0.3) is 0 Å². The minimum Gasteiger partial charge on any atom is -0.491 e. The van der Waals surface area contributed by atoms with Gasteiger partial charge < -0.3 is 19.9 Å². The quantitative estimate of drug-likeness (QED) is 0.905. The molecule has 0 saturated carbocycles. The van der Waals surface area contributed by atoms with Gasteiger partial charge in [0.05, 0.1) is 0 Å². The van der Waals surface area contributed by atoms with Crippen LogP contribution in [0.3, 0.4) is 0 Å². The van der Waals surface area contributed by atoms with Crippen LogP contribution in [0.15, 0.2) is 78.2 Å². The summed E-state index contributed by atoms with van der Waals surface area (Å²) in [5, 5.41) is 0. The van der Waals surface area contributed by atoms with Gasteiger partial charge in [-0.3, -0.25) is 0 Å². The number of nitrogens with two attached hydrogens (primary N) is 1. The third-order valence-corrected chi connectivity index (χ3v) is 3.46. The Morgan fingerprint density at radius 2 is 2.05 bits per heavy atom. The van der Waals surface area contributed by atoms with Crippen LogP contribution >= 0.6 is 0 Å². The van der Waals surface area contributed by atoms with Crippen molar-refractivity contribution in [1.29, 1.82) is 0 Å². The van der Waals surface area contributed by atoms with Gasteiger partial charge in [-0.15, -0.1) is 0 Å². The summed E-state index contributed by atoms with van der Waals surface area (Å²) in [5.74, 6) is 2.08. The predicted molar refractivity (Wildman–Crippen MR) is 84.7 cm³/mol. The number of hydrogen-bond donors (Lipinski definition) is 1. The van der Waals surface area contributed by atoms with Crippen LogP contribution in [0, 0.1) is 0 Å². The first-order valence-corrected chi connectivity index (χ1v) is 7.36. The number of ether oxygens (including phenoxy) is 3. The molecule has 4 heteroatoms. The molecule has 0 radical (unpaired) electrons. The Labute approximate surface area is 130 Å². The lowest BCUT2D eigenvalue weighted by atomic mass is 10.0. The topological polar surface area (TPSA) is 53.7 Å². The molecule has 1 aromatic rings. The third-order valence-electron chi connectivity index (χ3n) is 3.46. The van der Waals surface area contributed by atoms with Crippen molar-refractivity contribution in [2.24, 2.45) is 5.73 Å². The Hall–Kier alpha value is -2.46. The maximum atomic E-state index is 6.13. The summed E-state index contributed by atoms with van der Waals surface area (Å²) in [5.41, 5.74) is 7.24. The van der Waals surface area contributed by atoms with Gasteiger partial charge in [-0.25, -0.2) is 0 Å². The van der Waals surface area contributed by atoms with Crippen molar-refractivity contribution >= 4 is 0 Å². The largest absolute Gasteiger partial charge is 0.491 e. The fraction of sp³-hybridized carbons (Fsp3) is 0.222. The minimum atomic E-state index is -0.386. The molecule has 1 aromatic carbocycles. The highest BCUT2D eigenvalue weighted by molar-refractivity contribution is 5.33. The molecule has 0 fully saturated rings. The molecule has 0 unspecified atom stereocenters. The number of allylic oxidation sites excluding steroid dienone is 4. The normalized spacial score (nSPS) is 18.3. The zero-order valence-corrected chi connectivity index (χ0v) is 12.3. The zero-order valence-electron chi connectivity index (χ0n) is 12.3. The van der Waals surface area contributed by atoms with E-state index >= 15 is 0 Å². The SMILES string of the molecule is N[C@H](COc1ccccc1)C1=COC=C(C2=CC=CCC2)O1. The Balaban J connectivity index is 1.57. The van der Waals surface area contributed by atoms with Gasteiger partial charge in [-0.05, 0) is 30.5 Å². The van der Waals surface area contributed by atoms with Crippen molar-refractivity contribution < 1.29 is 14.2 Å².